The Labute approximate surface area is 106 Å². The summed E-state index contributed by atoms with van der Waals surface area (Å²) >= 11 is 0. The van der Waals surface area contributed by atoms with Crippen molar-refractivity contribution in [3.63, 3.8) is 0 Å². The monoisotopic (exact) mass is 265 g/mol. The third-order valence-corrected chi connectivity index (χ3v) is 4.59. The number of sulfone groups is 1. The minimum atomic E-state index is -2.82. The first-order valence-corrected chi connectivity index (χ1v) is 8.30. The summed E-state index contributed by atoms with van der Waals surface area (Å²) in [6, 6.07) is 0.377. The SMILES string of the molecule is CCCNC(CCCS(=O)(=O)CC)CCOC. The Kier molecular flexibility index (Phi) is 9.78. The quantitative estimate of drug-likeness (QED) is 0.616. The molecule has 0 saturated heterocycles. The molecule has 17 heavy (non-hydrogen) atoms. The van der Waals surface area contributed by atoms with Crippen LogP contribution in [0.2, 0.25) is 0 Å². The molecule has 0 spiro atoms. The van der Waals surface area contributed by atoms with Crippen LogP contribution in [0.4, 0.5) is 0 Å². The molecule has 0 bridgehead atoms. The molecule has 1 N–H and O–H groups in total. The van der Waals surface area contributed by atoms with Gasteiger partial charge in [-0.25, -0.2) is 8.42 Å². The Balaban J connectivity index is 3.89. The molecule has 1 atom stereocenters. The smallest absolute Gasteiger partial charge is 0.150 e. The number of rotatable bonds is 11. The molecule has 0 aliphatic rings. The maximum absolute atomic E-state index is 11.4. The number of ether oxygens (including phenoxy) is 1. The van der Waals surface area contributed by atoms with Gasteiger partial charge in [0.1, 0.15) is 9.84 Å². The van der Waals surface area contributed by atoms with E-state index in [1.807, 2.05) is 0 Å². The highest BCUT2D eigenvalue weighted by atomic mass is 32.2. The molecule has 0 aromatic heterocycles. The summed E-state index contributed by atoms with van der Waals surface area (Å²) in [5.41, 5.74) is 0. The Bertz CT molecular complexity index is 257. The average Bonchev–Trinajstić information content (AvgIpc) is 2.31. The molecule has 0 heterocycles. The fraction of sp³-hybridized carbons (Fsp3) is 1.00. The highest BCUT2D eigenvalue weighted by Crippen LogP contribution is 2.05. The average molecular weight is 265 g/mol. The van der Waals surface area contributed by atoms with Gasteiger partial charge in [-0.05, 0) is 32.2 Å². The van der Waals surface area contributed by atoms with Crippen LogP contribution < -0.4 is 5.32 Å². The molecule has 104 valence electrons. The summed E-state index contributed by atoms with van der Waals surface area (Å²) in [6.07, 6.45) is 3.68. The van der Waals surface area contributed by atoms with Crippen LogP contribution in [0, 0.1) is 0 Å². The van der Waals surface area contributed by atoms with Crippen LogP contribution in [0.1, 0.15) is 39.5 Å². The molecular weight excluding hydrogens is 238 g/mol. The van der Waals surface area contributed by atoms with Crippen molar-refractivity contribution in [2.45, 2.75) is 45.6 Å². The summed E-state index contributed by atoms with van der Waals surface area (Å²) in [5, 5.41) is 3.43. The van der Waals surface area contributed by atoms with Gasteiger partial charge in [0.05, 0.1) is 5.75 Å². The second kappa shape index (κ2) is 9.85. The van der Waals surface area contributed by atoms with Crippen molar-refractivity contribution in [2.75, 3.05) is 31.8 Å². The molecule has 0 rings (SSSR count). The fourth-order valence-corrected chi connectivity index (χ4v) is 2.55. The van der Waals surface area contributed by atoms with E-state index < -0.39 is 9.84 Å². The lowest BCUT2D eigenvalue weighted by Crippen LogP contribution is -2.31. The summed E-state index contributed by atoms with van der Waals surface area (Å²) in [7, 11) is -1.12. The van der Waals surface area contributed by atoms with Crippen molar-refractivity contribution in [1.82, 2.24) is 5.32 Å². The van der Waals surface area contributed by atoms with Crippen molar-refractivity contribution < 1.29 is 13.2 Å². The Hall–Kier alpha value is -0.130. The molecule has 0 saturated carbocycles. The zero-order valence-corrected chi connectivity index (χ0v) is 12.2. The van der Waals surface area contributed by atoms with E-state index in [0.717, 1.165) is 38.8 Å². The molecule has 0 radical (unpaired) electrons. The minimum Gasteiger partial charge on any atom is -0.385 e. The molecule has 0 aliphatic heterocycles. The van der Waals surface area contributed by atoms with Crippen LogP contribution in [0.3, 0.4) is 0 Å². The lowest BCUT2D eigenvalue weighted by atomic mass is 10.1. The van der Waals surface area contributed by atoms with E-state index in [1.165, 1.54) is 0 Å². The Morgan fingerprint density at radius 1 is 1.24 bits per heavy atom. The van der Waals surface area contributed by atoms with E-state index in [1.54, 1.807) is 14.0 Å². The molecular formula is C12H27NO3S. The molecule has 5 heteroatoms. The maximum Gasteiger partial charge on any atom is 0.150 e. The predicted molar refractivity (Wildman–Crippen MR) is 72.1 cm³/mol. The van der Waals surface area contributed by atoms with Gasteiger partial charge in [-0.2, -0.15) is 0 Å². The molecule has 0 aromatic rings. The van der Waals surface area contributed by atoms with Gasteiger partial charge in [-0.1, -0.05) is 13.8 Å². The highest BCUT2D eigenvalue weighted by Gasteiger charge is 2.11. The zero-order valence-electron chi connectivity index (χ0n) is 11.4. The van der Waals surface area contributed by atoms with Crippen molar-refractivity contribution in [3.8, 4) is 0 Å². The number of methoxy groups -OCH3 is 1. The van der Waals surface area contributed by atoms with Crippen molar-refractivity contribution in [3.05, 3.63) is 0 Å². The van der Waals surface area contributed by atoms with Gasteiger partial charge >= 0.3 is 0 Å². The van der Waals surface area contributed by atoms with Gasteiger partial charge in [-0.3, -0.25) is 0 Å². The van der Waals surface area contributed by atoms with E-state index >= 15 is 0 Å². The van der Waals surface area contributed by atoms with Gasteiger partial charge in [0.15, 0.2) is 0 Å². The predicted octanol–water partition coefficient (Wildman–Crippen LogP) is 1.61. The lowest BCUT2D eigenvalue weighted by molar-refractivity contribution is 0.181. The van der Waals surface area contributed by atoms with Gasteiger partial charge in [0.25, 0.3) is 0 Å². The lowest BCUT2D eigenvalue weighted by Gasteiger charge is -2.17. The van der Waals surface area contributed by atoms with Gasteiger partial charge in [-0.15, -0.1) is 0 Å². The molecule has 0 amide bonds. The maximum atomic E-state index is 11.4. The van der Waals surface area contributed by atoms with Crippen molar-refractivity contribution >= 4 is 9.84 Å². The van der Waals surface area contributed by atoms with Crippen molar-refractivity contribution in [2.24, 2.45) is 0 Å². The van der Waals surface area contributed by atoms with Crippen LogP contribution in [-0.2, 0) is 14.6 Å². The molecule has 1 unspecified atom stereocenters. The molecule has 4 nitrogen and oxygen atoms in total. The topological polar surface area (TPSA) is 55.4 Å². The van der Waals surface area contributed by atoms with E-state index in [-0.39, 0.29) is 5.75 Å². The van der Waals surface area contributed by atoms with E-state index in [2.05, 4.69) is 12.2 Å². The summed E-state index contributed by atoms with van der Waals surface area (Å²) in [4.78, 5) is 0. The third kappa shape index (κ3) is 9.56. The first kappa shape index (κ1) is 16.9. The molecule has 0 fully saturated rings. The van der Waals surface area contributed by atoms with Gasteiger partial charge in [0.2, 0.25) is 0 Å². The first-order chi connectivity index (χ1) is 8.05. The normalized spacial score (nSPS) is 13.8. The van der Waals surface area contributed by atoms with Crippen LogP contribution in [0.25, 0.3) is 0 Å². The Morgan fingerprint density at radius 3 is 2.47 bits per heavy atom. The van der Waals surface area contributed by atoms with E-state index in [9.17, 15) is 8.42 Å². The van der Waals surface area contributed by atoms with Gasteiger partial charge < -0.3 is 10.1 Å². The first-order valence-electron chi connectivity index (χ1n) is 6.48. The van der Waals surface area contributed by atoms with Crippen LogP contribution in [0.15, 0.2) is 0 Å². The molecule has 0 aliphatic carbocycles. The third-order valence-electron chi connectivity index (χ3n) is 2.80. The highest BCUT2D eigenvalue weighted by molar-refractivity contribution is 7.91. The number of hydrogen-bond donors (Lipinski definition) is 1. The molecule has 0 aromatic carbocycles. The number of nitrogens with one attached hydrogen (secondary N) is 1. The minimum absolute atomic E-state index is 0.248. The summed E-state index contributed by atoms with van der Waals surface area (Å²) < 4.78 is 27.8. The van der Waals surface area contributed by atoms with Gasteiger partial charge in [0, 0.05) is 25.5 Å². The second-order valence-electron chi connectivity index (χ2n) is 4.31. The number of hydrogen-bond acceptors (Lipinski definition) is 4. The fourth-order valence-electron chi connectivity index (χ4n) is 1.65. The zero-order chi connectivity index (χ0) is 13.1. The van der Waals surface area contributed by atoms with Crippen LogP contribution >= 0.6 is 0 Å². The van der Waals surface area contributed by atoms with Crippen LogP contribution in [0.5, 0.6) is 0 Å². The summed E-state index contributed by atoms with van der Waals surface area (Å²) in [5.74, 6) is 0.554. The standard InChI is InChI=1S/C12H27NO3S/c1-4-9-13-12(8-10-16-3)7-6-11-17(14,15)5-2/h12-13H,4-11H2,1-3H3. The van der Waals surface area contributed by atoms with Crippen LogP contribution in [-0.4, -0.2) is 46.2 Å². The van der Waals surface area contributed by atoms with E-state index in [4.69, 9.17) is 4.74 Å². The summed E-state index contributed by atoms with van der Waals surface area (Å²) in [6.45, 7) is 5.53. The second-order valence-corrected chi connectivity index (χ2v) is 6.78. The van der Waals surface area contributed by atoms with Crippen molar-refractivity contribution in [1.29, 1.82) is 0 Å². The largest absolute Gasteiger partial charge is 0.385 e. The Morgan fingerprint density at radius 2 is 1.94 bits per heavy atom. The van der Waals surface area contributed by atoms with E-state index in [0.29, 0.717) is 11.8 Å².